The fourth-order valence-corrected chi connectivity index (χ4v) is 1.33. The molecule has 0 aliphatic rings. The van der Waals surface area contributed by atoms with E-state index in [-0.39, 0.29) is 16.7 Å². The van der Waals surface area contributed by atoms with Crippen LogP contribution < -0.4 is 11.2 Å². The summed E-state index contributed by atoms with van der Waals surface area (Å²) >= 11 is 0. The molecule has 0 aliphatic heterocycles. The Morgan fingerprint density at radius 3 is 2.81 bits per heavy atom. The average Bonchev–Trinajstić information content (AvgIpc) is 2.25. The second kappa shape index (κ2) is 3.26. The Morgan fingerprint density at radius 2 is 2.19 bits per heavy atom. The zero-order valence-corrected chi connectivity index (χ0v) is 8.13. The Kier molecular flexibility index (Phi) is 2.04. The van der Waals surface area contributed by atoms with Crippen LogP contribution in [0.2, 0.25) is 0 Å². The number of aryl methyl sites for hydroxylation is 1. The molecule has 0 aromatic carbocycles. The van der Waals surface area contributed by atoms with Gasteiger partial charge in [0.15, 0.2) is 0 Å². The Labute approximate surface area is 87.3 Å². The lowest BCUT2D eigenvalue weighted by Crippen LogP contribution is -2.28. The summed E-state index contributed by atoms with van der Waals surface area (Å²) in [5, 5.41) is 10.5. The molecule has 8 nitrogen and oxygen atoms in total. The standard InChI is InChI=1S/C8H6N4O4/c1-11-6-5(7(13)10-8(11)14)2-4(3-9-6)12(15)16/h2-3H,1H3,(H,10,13,14). The van der Waals surface area contributed by atoms with Gasteiger partial charge >= 0.3 is 5.69 Å². The highest BCUT2D eigenvalue weighted by molar-refractivity contribution is 5.75. The van der Waals surface area contributed by atoms with Crippen molar-refractivity contribution in [1.29, 1.82) is 0 Å². The van der Waals surface area contributed by atoms with Gasteiger partial charge in [0.05, 0.1) is 10.3 Å². The van der Waals surface area contributed by atoms with E-state index in [0.29, 0.717) is 0 Å². The van der Waals surface area contributed by atoms with Crippen LogP contribution in [0, 0.1) is 10.1 Å². The fourth-order valence-electron chi connectivity index (χ4n) is 1.33. The van der Waals surface area contributed by atoms with Crippen LogP contribution in [0.4, 0.5) is 5.69 Å². The van der Waals surface area contributed by atoms with Gasteiger partial charge in [-0.2, -0.15) is 0 Å². The summed E-state index contributed by atoms with van der Waals surface area (Å²) in [4.78, 5) is 38.2. The number of aromatic amines is 1. The number of rotatable bonds is 1. The molecule has 0 saturated carbocycles. The summed E-state index contributed by atoms with van der Waals surface area (Å²) in [6.07, 6.45) is 1.00. The normalized spacial score (nSPS) is 10.6. The molecule has 2 aromatic rings. The monoisotopic (exact) mass is 222 g/mol. The minimum absolute atomic E-state index is 0.0105. The maximum absolute atomic E-state index is 11.4. The maximum atomic E-state index is 11.4. The molecule has 0 bridgehead atoms. The van der Waals surface area contributed by atoms with Crippen molar-refractivity contribution >= 4 is 16.7 Å². The van der Waals surface area contributed by atoms with Crippen LogP contribution in [-0.2, 0) is 7.05 Å². The van der Waals surface area contributed by atoms with Gasteiger partial charge in [-0.25, -0.2) is 9.78 Å². The van der Waals surface area contributed by atoms with E-state index < -0.39 is 16.2 Å². The fraction of sp³-hybridized carbons (Fsp3) is 0.125. The van der Waals surface area contributed by atoms with Gasteiger partial charge in [-0.1, -0.05) is 0 Å². The third-order valence-corrected chi connectivity index (χ3v) is 2.15. The molecule has 8 heteroatoms. The molecule has 0 spiro atoms. The van der Waals surface area contributed by atoms with Gasteiger partial charge in [0.1, 0.15) is 11.8 Å². The molecule has 16 heavy (non-hydrogen) atoms. The quantitative estimate of drug-likeness (QED) is 0.517. The van der Waals surface area contributed by atoms with Crippen molar-refractivity contribution < 1.29 is 4.92 Å². The second-order valence-corrected chi connectivity index (χ2v) is 3.14. The first-order valence-corrected chi connectivity index (χ1v) is 4.24. The minimum atomic E-state index is -0.686. The van der Waals surface area contributed by atoms with E-state index in [0.717, 1.165) is 16.8 Å². The molecule has 2 rings (SSSR count). The highest BCUT2D eigenvalue weighted by atomic mass is 16.6. The van der Waals surface area contributed by atoms with E-state index in [9.17, 15) is 19.7 Å². The molecule has 2 heterocycles. The Balaban J connectivity index is 2.96. The van der Waals surface area contributed by atoms with Gasteiger partial charge in [0.2, 0.25) is 0 Å². The third-order valence-electron chi connectivity index (χ3n) is 2.15. The highest BCUT2D eigenvalue weighted by Gasteiger charge is 2.12. The molecule has 0 radical (unpaired) electrons. The number of aromatic nitrogens is 3. The SMILES string of the molecule is Cn1c(=O)[nH]c(=O)c2cc([N+](=O)[O-])cnc21. The summed E-state index contributed by atoms with van der Waals surface area (Å²) in [5.74, 6) is 0. The molecule has 0 unspecified atom stereocenters. The predicted molar refractivity (Wildman–Crippen MR) is 54.3 cm³/mol. The average molecular weight is 222 g/mol. The van der Waals surface area contributed by atoms with Crippen molar-refractivity contribution in [1.82, 2.24) is 14.5 Å². The van der Waals surface area contributed by atoms with E-state index in [2.05, 4.69) is 4.98 Å². The molecule has 0 atom stereocenters. The molecule has 0 fully saturated rings. The van der Waals surface area contributed by atoms with Gasteiger partial charge in [-0.05, 0) is 0 Å². The van der Waals surface area contributed by atoms with Crippen molar-refractivity contribution in [2.75, 3.05) is 0 Å². The van der Waals surface area contributed by atoms with Crippen LogP contribution in [0.25, 0.3) is 11.0 Å². The molecule has 0 aliphatic carbocycles. The van der Waals surface area contributed by atoms with E-state index in [1.165, 1.54) is 7.05 Å². The predicted octanol–water partition coefficient (Wildman–Crippen LogP) is -0.470. The Hall–Kier alpha value is -2.51. The van der Waals surface area contributed by atoms with Crippen molar-refractivity contribution in [3.63, 3.8) is 0 Å². The summed E-state index contributed by atoms with van der Waals surface area (Å²) < 4.78 is 1.11. The zero-order valence-electron chi connectivity index (χ0n) is 8.13. The first-order valence-electron chi connectivity index (χ1n) is 4.24. The summed E-state index contributed by atoms with van der Waals surface area (Å²) in [7, 11) is 1.42. The lowest BCUT2D eigenvalue weighted by molar-refractivity contribution is -0.385. The third kappa shape index (κ3) is 1.36. The maximum Gasteiger partial charge on any atom is 0.329 e. The largest absolute Gasteiger partial charge is 0.329 e. The van der Waals surface area contributed by atoms with E-state index in [4.69, 9.17) is 0 Å². The number of fused-ring (bicyclic) bond motifs is 1. The number of nitrogens with zero attached hydrogens (tertiary/aromatic N) is 3. The first kappa shape index (κ1) is 10.0. The topological polar surface area (TPSA) is 111 Å². The number of nitrogens with one attached hydrogen (secondary N) is 1. The van der Waals surface area contributed by atoms with Crippen molar-refractivity contribution in [3.8, 4) is 0 Å². The van der Waals surface area contributed by atoms with Crippen LogP contribution in [-0.4, -0.2) is 19.5 Å². The van der Waals surface area contributed by atoms with Gasteiger partial charge in [-0.3, -0.25) is 24.5 Å². The van der Waals surface area contributed by atoms with E-state index in [1.54, 1.807) is 0 Å². The lowest BCUT2D eigenvalue weighted by Gasteiger charge is -2.01. The Morgan fingerprint density at radius 1 is 1.50 bits per heavy atom. The van der Waals surface area contributed by atoms with Gasteiger partial charge in [-0.15, -0.1) is 0 Å². The molecule has 1 N–H and O–H groups in total. The molecule has 82 valence electrons. The molecule has 0 saturated heterocycles. The van der Waals surface area contributed by atoms with Gasteiger partial charge < -0.3 is 0 Å². The smallest absolute Gasteiger partial charge is 0.281 e. The molecular formula is C8H6N4O4. The van der Waals surface area contributed by atoms with Crippen molar-refractivity contribution in [2.45, 2.75) is 0 Å². The van der Waals surface area contributed by atoms with Crippen LogP contribution in [0.5, 0.6) is 0 Å². The van der Waals surface area contributed by atoms with Gasteiger partial charge in [0.25, 0.3) is 11.2 Å². The number of nitro groups is 1. The summed E-state index contributed by atoms with van der Waals surface area (Å²) in [5.41, 5.74) is -1.48. The van der Waals surface area contributed by atoms with Crippen LogP contribution in [0.3, 0.4) is 0 Å². The summed E-state index contributed by atoms with van der Waals surface area (Å²) in [6, 6.07) is 1.08. The summed E-state index contributed by atoms with van der Waals surface area (Å²) in [6.45, 7) is 0. The molecule has 0 amide bonds. The van der Waals surface area contributed by atoms with Crippen molar-refractivity contribution in [2.24, 2.45) is 7.05 Å². The zero-order chi connectivity index (χ0) is 11.9. The second-order valence-electron chi connectivity index (χ2n) is 3.14. The lowest BCUT2D eigenvalue weighted by atomic mass is 10.3. The molecule has 2 aromatic heterocycles. The van der Waals surface area contributed by atoms with Crippen LogP contribution >= 0.6 is 0 Å². The van der Waals surface area contributed by atoms with E-state index >= 15 is 0 Å². The van der Waals surface area contributed by atoms with Crippen LogP contribution in [0.15, 0.2) is 21.9 Å². The minimum Gasteiger partial charge on any atom is -0.281 e. The number of hydrogen-bond donors (Lipinski definition) is 1. The number of hydrogen-bond acceptors (Lipinski definition) is 5. The Bertz CT molecular complexity index is 699. The highest BCUT2D eigenvalue weighted by Crippen LogP contribution is 2.13. The van der Waals surface area contributed by atoms with E-state index in [1.807, 2.05) is 4.98 Å². The van der Waals surface area contributed by atoms with Crippen LogP contribution in [0.1, 0.15) is 0 Å². The van der Waals surface area contributed by atoms with Crippen molar-refractivity contribution in [3.05, 3.63) is 43.2 Å². The first-order chi connectivity index (χ1) is 7.50. The van der Waals surface area contributed by atoms with Gasteiger partial charge in [0, 0.05) is 13.1 Å². The molecular weight excluding hydrogens is 216 g/mol. The number of pyridine rings is 1. The number of H-pyrrole nitrogens is 1.